The van der Waals surface area contributed by atoms with Crippen molar-refractivity contribution in [2.75, 3.05) is 13.6 Å². The van der Waals surface area contributed by atoms with E-state index >= 15 is 0 Å². The maximum atomic E-state index is 4.27. The molecule has 2 rings (SSSR count). The maximum absolute atomic E-state index is 4.27. The molecule has 112 valence electrons. The fourth-order valence-electron chi connectivity index (χ4n) is 2.07. The van der Waals surface area contributed by atoms with Crippen LogP contribution >= 0.6 is 11.3 Å². The molecule has 2 aromatic rings. The minimum Gasteiger partial charge on any atom is -0.356 e. The third-order valence-electron chi connectivity index (χ3n) is 3.46. The molecule has 3 nitrogen and oxygen atoms in total. The Bertz CT molecular complexity index is 558. The predicted molar refractivity (Wildman–Crippen MR) is 92.1 cm³/mol. The van der Waals surface area contributed by atoms with Crippen LogP contribution in [-0.2, 0) is 6.54 Å². The first-order valence-corrected chi connectivity index (χ1v) is 8.10. The number of nitrogens with zero attached hydrogens (tertiary/aromatic N) is 1. The zero-order chi connectivity index (χ0) is 15.1. The van der Waals surface area contributed by atoms with E-state index in [4.69, 9.17) is 0 Å². The number of thiophene rings is 1. The third kappa shape index (κ3) is 4.90. The van der Waals surface area contributed by atoms with Crippen molar-refractivity contribution in [2.45, 2.75) is 26.3 Å². The lowest BCUT2D eigenvalue weighted by atomic mass is 10.0. The highest BCUT2D eigenvalue weighted by atomic mass is 32.1. The summed E-state index contributed by atoms with van der Waals surface area (Å²) >= 11 is 1.75. The van der Waals surface area contributed by atoms with E-state index in [1.165, 1.54) is 16.0 Å². The van der Waals surface area contributed by atoms with Crippen LogP contribution in [0.2, 0.25) is 0 Å². The fraction of sp³-hybridized carbons (Fsp3) is 0.353. The summed E-state index contributed by atoms with van der Waals surface area (Å²) in [6.45, 7) is 6.02. The Kier molecular flexibility index (Phi) is 5.81. The van der Waals surface area contributed by atoms with Crippen LogP contribution in [0.3, 0.4) is 0 Å². The lowest BCUT2D eigenvalue weighted by molar-refractivity contribution is 0.699. The first kappa shape index (κ1) is 15.6. The second-order valence-electron chi connectivity index (χ2n) is 5.20. The Balaban J connectivity index is 1.81. The van der Waals surface area contributed by atoms with Gasteiger partial charge in [0.2, 0.25) is 0 Å². The van der Waals surface area contributed by atoms with Gasteiger partial charge in [0.05, 0.1) is 6.54 Å². The standard InChI is InChI=1S/C17H23N3S/c1-13-6-8-15(9-7-13)14(2)11-19-17(18-3)20-12-16-5-4-10-21-16/h4-10,14H,11-12H2,1-3H3,(H2,18,19,20). The minimum absolute atomic E-state index is 0.450. The van der Waals surface area contributed by atoms with Gasteiger partial charge in [-0.25, -0.2) is 0 Å². The van der Waals surface area contributed by atoms with Gasteiger partial charge < -0.3 is 10.6 Å². The Morgan fingerprint density at radius 1 is 1.19 bits per heavy atom. The molecule has 1 atom stereocenters. The van der Waals surface area contributed by atoms with E-state index in [1.54, 1.807) is 18.4 Å². The van der Waals surface area contributed by atoms with Crippen molar-refractivity contribution >= 4 is 17.3 Å². The number of nitrogens with one attached hydrogen (secondary N) is 2. The Hall–Kier alpha value is -1.81. The molecule has 0 bridgehead atoms. The van der Waals surface area contributed by atoms with Gasteiger partial charge in [-0.1, -0.05) is 42.8 Å². The van der Waals surface area contributed by atoms with Crippen molar-refractivity contribution in [3.63, 3.8) is 0 Å². The van der Waals surface area contributed by atoms with Crippen LogP contribution in [0.25, 0.3) is 0 Å². The van der Waals surface area contributed by atoms with Crippen molar-refractivity contribution in [3.8, 4) is 0 Å². The first-order valence-electron chi connectivity index (χ1n) is 7.22. The lowest BCUT2D eigenvalue weighted by Gasteiger charge is -2.16. The summed E-state index contributed by atoms with van der Waals surface area (Å²) < 4.78 is 0. The van der Waals surface area contributed by atoms with E-state index in [0.717, 1.165) is 19.0 Å². The summed E-state index contributed by atoms with van der Waals surface area (Å²) in [5, 5.41) is 8.82. The van der Waals surface area contributed by atoms with Crippen LogP contribution in [0.15, 0.2) is 46.8 Å². The fourth-order valence-corrected chi connectivity index (χ4v) is 2.71. The number of aryl methyl sites for hydroxylation is 1. The number of hydrogen-bond donors (Lipinski definition) is 2. The molecule has 0 amide bonds. The van der Waals surface area contributed by atoms with E-state index in [2.05, 4.69) is 71.3 Å². The van der Waals surface area contributed by atoms with Crippen LogP contribution in [0.1, 0.15) is 28.8 Å². The summed E-state index contributed by atoms with van der Waals surface area (Å²) in [4.78, 5) is 5.58. The third-order valence-corrected chi connectivity index (χ3v) is 4.33. The normalized spacial score (nSPS) is 13.0. The van der Waals surface area contributed by atoms with Crippen molar-refractivity contribution in [1.29, 1.82) is 0 Å². The topological polar surface area (TPSA) is 36.4 Å². The van der Waals surface area contributed by atoms with Gasteiger partial charge in [0, 0.05) is 18.5 Å². The molecule has 0 spiro atoms. The van der Waals surface area contributed by atoms with Crippen LogP contribution in [0.5, 0.6) is 0 Å². The number of benzene rings is 1. The summed E-state index contributed by atoms with van der Waals surface area (Å²) in [5.74, 6) is 1.30. The molecule has 21 heavy (non-hydrogen) atoms. The predicted octanol–water partition coefficient (Wildman–Crippen LogP) is 3.53. The molecular weight excluding hydrogens is 278 g/mol. The van der Waals surface area contributed by atoms with Gasteiger partial charge in [0.1, 0.15) is 0 Å². The molecule has 0 radical (unpaired) electrons. The zero-order valence-corrected chi connectivity index (χ0v) is 13.7. The SMILES string of the molecule is CN=C(NCc1cccs1)NCC(C)c1ccc(C)cc1. The van der Waals surface area contributed by atoms with E-state index in [0.29, 0.717) is 5.92 Å². The Morgan fingerprint density at radius 3 is 2.57 bits per heavy atom. The Labute approximate surface area is 131 Å². The summed E-state index contributed by atoms with van der Waals surface area (Å²) in [6.07, 6.45) is 0. The van der Waals surface area contributed by atoms with Gasteiger partial charge in [0.25, 0.3) is 0 Å². The average molecular weight is 301 g/mol. The second-order valence-corrected chi connectivity index (χ2v) is 6.23. The van der Waals surface area contributed by atoms with E-state index in [-0.39, 0.29) is 0 Å². The Morgan fingerprint density at radius 2 is 1.95 bits per heavy atom. The van der Waals surface area contributed by atoms with Crippen LogP contribution in [0, 0.1) is 6.92 Å². The second kappa shape index (κ2) is 7.84. The van der Waals surface area contributed by atoms with Crippen LogP contribution in [-0.4, -0.2) is 19.6 Å². The molecule has 0 fully saturated rings. The molecule has 0 aliphatic rings. The van der Waals surface area contributed by atoms with Gasteiger partial charge in [-0.05, 0) is 29.9 Å². The molecule has 0 aliphatic carbocycles. The molecule has 1 unspecified atom stereocenters. The average Bonchev–Trinajstić information content (AvgIpc) is 3.01. The molecule has 1 aromatic carbocycles. The number of hydrogen-bond acceptors (Lipinski definition) is 2. The van der Waals surface area contributed by atoms with Gasteiger partial charge in [-0.15, -0.1) is 11.3 Å². The minimum atomic E-state index is 0.450. The summed E-state index contributed by atoms with van der Waals surface area (Å²) in [5.41, 5.74) is 2.65. The highest BCUT2D eigenvalue weighted by Crippen LogP contribution is 2.14. The molecule has 0 saturated heterocycles. The number of aliphatic imine (C=N–C) groups is 1. The van der Waals surface area contributed by atoms with Gasteiger partial charge in [-0.2, -0.15) is 0 Å². The highest BCUT2D eigenvalue weighted by Gasteiger charge is 2.06. The van der Waals surface area contributed by atoms with E-state index in [9.17, 15) is 0 Å². The van der Waals surface area contributed by atoms with Crippen LogP contribution in [0.4, 0.5) is 0 Å². The van der Waals surface area contributed by atoms with Gasteiger partial charge >= 0.3 is 0 Å². The molecule has 0 aliphatic heterocycles. The zero-order valence-electron chi connectivity index (χ0n) is 12.9. The van der Waals surface area contributed by atoms with Gasteiger partial charge in [-0.3, -0.25) is 4.99 Å². The summed E-state index contributed by atoms with van der Waals surface area (Å²) in [7, 11) is 1.81. The quantitative estimate of drug-likeness (QED) is 0.655. The molecule has 2 N–H and O–H groups in total. The highest BCUT2D eigenvalue weighted by molar-refractivity contribution is 7.09. The van der Waals surface area contributed by atoms with Gasteiger partial charge in [0.15, 0.2) is 5.96 Å². The lowest BCUT2D eigenvalue weighted by Crippen LogP contribution is -2.38. The molecule has 1 aromatic heterocycles. The number of guanidine groups is 1. The summed E-state index contributed by atoms with van der Waals surface area (Å²) in [6, 6.07) is 12.9. The van der Waals surface area contributed by atoms with Crippen molar-refractivity contribution in [3.05, 3.63) is 57.8 Å². The molecule has 1 heterocycles. The van der Waals surface area contributed by atoms with Crippen molar-refractivity contribution in [1.82, 2.24) is 10.6 Å². The molecule has 0 saturated carbocycles. The molecular formula is C17H23N3S. The van der Waals surface area contributed by atoms with Crippen molar-refractivity contribution < 1.29 is 0 Å². The number of rotatable bonds is 5. The monoisotopic (exact) mass is 301 g/mol. The van der Waals surface area contributed by atoms with E-state index < -0.39 is 0 Å². The van der Waals surface area contributed by atoms with E-state index in [1.807, 2.05) is 0 Å². The maximum Gasteiger partial charge on any atom is 0.191 e. The van der Waals surface area contributed by atoms with Crippen molar-refractivity contribution in [2.24, 2.45) is 4.99 Å². The largest absolute Gasteiger partial charge is 0.356 e. The van der Waals surface area contributed by atoms with Crippen LogP contribution < -0.4 is 10.6 Å². The smallest absolute Gasteiger partial charge is 0.191 e. The first-order chi connectivity index (χ1) is 10.2. The molecule has 4 heteroatoms.